The van der Waals surface area contributed by atoms with Gasteiger partial charge in [-0.1, -0.05) is 37.1 Å². The third-order valence-electron chi connectivity index (χ3n) is 6.87. The van der Waals surface area contributed by atoms with Crippen molar-refractivity contribution in [2.75, 3.05) is 57.7 Å². The fourth-order valence-corrected chi connectivity index (χ4v) is 4.94. The maximum atomic E-state index is 11.2. The molecule has 5 heteroatoms. The molecule has 0 bridgehead atoms. The molecular formula is C28H39N3O2. The van der Waals surface area contributed by atoms with Crippen LogP contribution in [0.5, 0.6) is 5.75 Å². The van der Waals surface area contributed by atoms with E-state index in [0.29, 0.717) is 12.2 Å². The van der Waals surface area contributed by atoms with Crippen LogP contribution in [0.15, 0.2) is 42.5 Å². The van der Waals surface area contributed by atoms with E-state index in [2.05, 4.69) is 33.3 Å². The highest BCUT2D eigenvalue weighted by molar-refractivity contribution is 5.80. The van der Waals surface area contributed by atoms with Crippen molar-refractivity contribution >= 4 is 12.0 Å². The van der Waals surface area contributed by atoms with Crippen LogP contribution in [0, 0.1) is 0 Å². The normalized spacial score (nSPS) is 17.6. The summed E-state index contributed by atoms with van der Waals surface area (Å²) in [7, 11) is 0. The summed E-state index contributed by atoms with van der Waals surface area (Å²) in [4.78, 5) is 16.3. The maximum absolute atomic E-state index is 11.2. The average Bonchev–Trinajstić information content (AvgIpc) is 2.88. The second kappa shape index (κ2) is 12.8. The Morgan fingerprint density at radius 3 is 2.24 bits per heavy atom. The van der Waals surface area contributed by atoms with Crippen LogP contribution < -0.4 is 10.1 Å². The van der Waals surface area contributed by atoms with E-state index in [1.54, 1.807) is 0 Å². The number of aldehydes is 1. The molecule has 0 radical (unpaired) electrons. The second-order valence-corrected chi connectivity index (χ2v) is 9.39. The molecule has 0 aromatic heterocycles. The molecule has 1 N–H and O–H groups in total. The summed E-state index contributed by atoms with van der Waals surface area (Å²) in [6.45, 7) is 8.64. The van der Waals surface area contributed by atoms with Crippen molar-refractivity contribution in [3.63, 3.8) is 0 Å². The van der Waals surface area contributed by atoms with Gasteiger partial charge >= 0.3 is 0 Å². The van der Waals surface area contributed by atoms with Crippen molar-refractivity contribution in [3.8, 4) is 16.9 Å². The number of hydrogen-bond acceptors (Lipinski definition) is 5. The van der Waals surface area contributed by atoms with E-state index in [1.165, 1.54) is 64.7 Å². The number of carbonyl (C=O) groups is 1. The van der Waals surface area contributed by atoms with Gasteiger partial charge in [0.15, 0.2) is 0 Å². The largest absolute Gasteiger partial charge is 0.490 e. The summed E-state index contributed by atoms with van der Waals surface area (Å²) in [5, 5.41) is 3.62. The van der Waals surface area contributed by atoms with Crippen molar-refractivity contribution in [2.24, 2.45) is 0 Å². The van der Waals surface area contributed by atoms with E-state index in [4.69, 9.17) is 4.74 Å². The van der Waals surface area contributed by atoms with Gasteiger partial charge in [-0.2, -0.15) is 0 Å². The van der Waals surface area contributed by atoms with Crippen LogP contribution in [0.25, 0.3) is 11.1 Å². The van der Waals surface area contributed by atoms with E-state index in [0.717, 1.165) is 54.9 Å². The summed E-state index contributed by atoms with van der Waals surface area (Å²) in [5.41, 5.74) is 3.87. The maximum Gasteiger partial charge on any atom is 0.150 e. The van der Waals surface area contributed by atoms with E-state index < -0.39 is 0 Å². The number of nitrogens with one attached hydrogen (secondary N) is 1. The molecule has 2 fully saturated rings. The number of piperidine rings is 2. The summed E-state index contributed by atoms with van der Waals surface area (Å²) in [6.07, 6.45) is 10.1. The first-order valence-electron chi connectivity index (χ1n) is 12.8. The Hall–Kier alpha value is -2.37. The molecule has 2 heterocycles. The Bertz CT molecular complexity index is 873. The fraction of sp³-hybridized carbons (Fsp3) is 0.536. The van der Waals surface area contributed by atoms with Gasteiger partial charge in [-0.3, -0.25) is 9.69 Å². The van der Waals surface area contributed by atoms with Crippen molar-refractivity contribution in [1.29, 1.82) is 0 Å². The highest BCUT2D eigenvalue weighted by Gasteiger charge is 2.13. The van der Waals surface area contributed by atoms with E-state index in [1.807, 2.05) is 24.3 Å². The predicted octanol–water partition coefficient (Wildman–Crippen LogP) is 5.32. The van der Waals surface area contributed by atoms with Gasteiger partial charge in [-0.25, -0.2) is 0 Å². The summed E-state index contributed by atoms with van der Waals surface area (Å²) in [6, 6.07) is 14.1. The molecule has 33 heavy (non-hydrogen) atoms. The lowest BCUT2D eigenvalue weighted by atomic mass is 10.0. The lowest BCUT2D eigenvalue weighted by molar-refractivity contribution is 0.112. The lowest BCUT2D eigenvalue weighted by Gasteiger charge is -2.27. The van der Waals surface area contributed by atoms with Crippen LogP contribution in [0.2, 0.25) is 0 Å². The van der Waals surface area contributed by atoms with Gasteiger partial charge in [-0.15, -0.1) is 0 Å². The monoisotopic (exact) mass is 449 g/mol. The number of rotatable bonds is 11. The molecule has 2 aliphatic rings. The Kier molecular flexibility index (Phi) is 9.19. The Balaban J connectivity index is 1.39. The molecule has 2 aromatic carbocycles. The molecule has 0 amide bonds. The van der Waals surface area contributed by atoms with Crippen molar-refractivity contribution < 1.29 is 9.53 Å². The van der Waals surface area contributed by atoms with Gasteiger partial charge in [0.1, 0.15) is 18.6 Å². The van der Waals surface area contributed by atoms with Gasteiger partial charge in [0, 0.05) is 18.7 Å². The Labute approximate surface area is 199 Å². The molecule has 4 rings (SSSR count). The molecular weight excluding hydrogens is 410 g/mol. The lowest BCUT2D eigenvalue weighted by Crippen LogP contribution is -2.33. The van der Waals surface area contributed by atoms with Gasteiger partial charge in [0.25, 0.3) is 0 Å². The van der Waals surface area contributed by atoms with Gasteiger partial charge in [-0.05, 0) is 94.2 Å². The molecule has 0 atom stereocenters. The summed E-state index contributed by atoms with van der Waals surface area (Å²) < 4.78 is 6.32. The third-order valence-corrected chi connectivity index (χ3v) is 6.87. The minimum atomic E-state index is 0.694. The van der Waals surface area contributed by atoms with Crippen molar-refractivity contribution in [2.45, 2.75) is 44.9 Å². The SMILES string of the molecule is O=Cc1cccc(-c2ccc(NCCCN3CCCCC3)c(OCCN3CCCCC3)c2)c1. The first kappa shape index (κ1) is 23.8. The van der Waals surface area contributed by atoms with E-state index >= 15 is 0 Å². The van der Waals surface area contributed by atoms with Gasteiger partial charge in [0.2, 0.25) is 0 Å². The molecule has 178 valence electrons. The smallest absolute Gasteiger partial charge is 0.150 e. The molecule has 0 saturated carbocycles. The molecule has 2 aliphatic heterocycles. The molecule has 0 aliphatic carbocycles. The summed E-state index contributed by atoms with van der Waals surface area (Å²) in [5.74, 6) is 0.902. The van der Waals surface area contributed by atoms with Crippen molar-refractivity contribution in [3.05, 3.63) is 48.0 Å². The Morgan fingerprint density at radius 1 is 0.818 bits per heavy atom. The number of anilines is 1. The number of carbonyl (C=O) groups excluding carboxylic acids is 1. The zero-order valence-corrected chi connectivity index (χ0v) is 19.9. The van der Waals surface area contributed by atoms with Gasteiger partial charge < -0.3 is 15.0 Å². The van der Waals surface area contributed by atoms with Crippen LogP contribution >= 0.6 is 0 Å². The number of nitrogens with zero attached hydrogens (tertiary/aromatic N) is 2. The number of benzene rings is 2. The van der Waals surface area contributed by atoms with Gasteiger partial charge in [0.05, 0.1) is 5.69 Å². The average molecular weight is 450 g/mol. The van der Waals surface area contributed by atoms with E-state index in [9.17, 15) is 4.79 Å². The molecule has 5 nitrogen and oxygen atoms in total. The van der Waals surface area contributed by atoms with Crippen molar-refractivity contribution in [1.82, 2.24) is 9.80 Å². The third kappa shape index (κ3) is 7.31. The number of hydrogen-bond donors (Lipinski definition) is 1. The molecule has 0 spiro atoms. The topological polar surface area (TPSA) is 44.8 Å². The molecule has 2 saturated heterocycles. The number of likely N-dealkylation sites (tertiary alicyclic amines) is 2. The standard InChI is InChI=1S/C28H39N3O2/c32-23-24-9-7-10-25(21-24)26-11-12-27(29-13-8-18-30-14-3-1-4-15-30)28(22-26)33-20-19-31-16-5-2-6-17-31/h7,9-12,21-23,29H,1-6,8,13-20H2. The zero-order chi connectivity index (χ0) is 22.7. The van der Waals surface area contributed by atoms with Crippen LogP contribution in [0.3, 0.4) is 0 Å². The van der Waals surface area contributed by atoms with Crippen LogP contribution in [-0.2, 0) is 0 Å². The van der Waals surface area contributed by atoms with Crippen LogP contribution in [0.4, 0.5) is 5.69 Å². The minimum absolute atomic E-state index is 0.694. The quantitative estimate of drug-likeness (QED) is 0.372. The zero-order valence-electron chi connectivity index (χ0n) is 19.9. The fourth-order valence-electron chi connectivity index (χ4n) is 4.94. The predicted molar refractivity (Wildman–Crippen MR) is 136 cm³/mol. The van der Waals surface area contributed by atoms with E-state index in [-0.39, 0.29) is 0 Å². The van der Waals surface area contributed by atoms with Crippen LogP contribution in [-0.4, -0.2) is 68.5 Å². The minimum Gasteiger partial charge on any atom is -0.490 e. The number of ether oxygens (including phenoxy) is 1. The Morgan fingerprint density at radius 2 is 1.52 bits per heavy atom. The second-order valence-electron chi connectivity index (χ2n) is 9.39. The highest BCUT2D eigenvalue weighted by atomic mass is 16.5. The summed E-state index contributed by atoms with van der Waals surface area (Å²) >= 11 is 0. The van der Waals surface area contributed by atoms with Crippen LogP contribution in [0.1, 0.15) is 55.3 Å². The first-order chi connectivity index (χ1) is 16.3. The molecule has 0 unspecified atom stereocenters. The first-order valence-corrected chi connectivity index (χ1v) is 12.8. The highest BCUT2D eigenvalue weighted by Crippen LogP contribution is 2.31. The molecule has 2 aromatic rings.